The van der Waals surface area contributed by atoms with Gasteiger partial charge in [0.2, 0.25) is 5.95 Å². The molecule has 0 aliphatic heterocycles. The molecule has 2 aromatic carbocycles. The molecule has 0 radical (unpaired) electrons. The Morgan fingerprint density at radius 1 is 0.963 bits per heavy atom. The molecule has 0 unspecified atom stereocenters. The van der Waals surface area contributed by atoms with Crippen molar-refractivity contribution in [3.8, 4) is 0 Å². The van der Waals surface area contributed by atoms with E-state index in [9.17, 15) is 0 Å². The molecule has 0 amide bonds. The SMILES string of the molecule is Brc1cnc(Nc2ccc3[nH]ncc3c2)nc1Nc1cccc2[nH]ccc12. The highest BCUT2D eigenvalue weighted by atomic mass is 79.9. The molecular formula is C19H14BrN7. The molecule has 27 heavy (non-hydrogen) atoms. The molecule has 5 rings (SSSR count). The standard InChI is InChI=1S/C19H14BrN7/c20-14-10-22-19(24-12-4-5-15-11(8-12)9-23-27-15)26-18(14)25-17-3-1-2-16-13(17)6-7-21-16/h1-10,21H,(H,23,27)(H2,22,24,25,26). The van der Waals surface area contributed by atoms with Gasteiger partial charge in [-0.3, -0.25) is 5.10 Å². The number of halogens is 1. The zero-order chi connectivity index (χ0) is 18.2. The third-order valence-electron chi connectivity index (χ3n) is 4.29. The maximum Gasteiger partial charge on any atom is 0.229 e. The predicted molar refractivity (Wildman–Crippen MR) is 111 cm³/mol. The van der Waals surface area contributed by atoms with Gasteiger partial charge in [0.25, 0.3) is 0 Å². The lowest BCUT2D eigenvalue weighted by molar-refractivity contribution is 1.12. The van der Waals surface area contributed by atoms with Gasteiger partial charge in [0, 0.05) is 40.1 Å². The van der Waals surface area contributed by atoms with E-state index in [0.717, 1.165) is 37.7 Å². The number of rotatable bonds is 4. The smallest absolute Gasteiger partial charge is 0.229 e. The van der Waals surface area contributed by atoms with Crippen LogP contribution in [0, 0.1) is 0 Å². The third kappa shape index (κ3) is 3.00. The topological polar surface area (TPSA) is 94.3 Å². The summed E-state index contributed by atoms with van der Waals surface area (Å²) in [6.07, 6.45) is 5.43. The normalized spacial score (nSPS) is 11.1. The number of hydrogen-bond acceptors (Lipinski definition) is 5. The molecule has 3 heterocycles. The Hall–Kier alpha value is -3.39. The fourth-order valence-corrected chi connectivity index (χ4v) is 3.28. The van der Waals surface area contributed by atoms with Gasteiger partial charge in [-0.25, -0.2) is 4.98 Å². The first kappa shape index (κ1) is 15.8. The summed E-state index contributed by atoms with van der Waals surface area (Å²) in [6, 6.07) is 14.0. The highest BCUT2D eigenvalue weighted by molar-refractivity contribution is 9.10. The minimum Gasteiger partial charge on any atom is -0.361 e. The van der Waals surface area contributed by atoms with Crippen LogP contribution >= 0.6 is 15.9 Å². The number of benzene rings is 2. The van der Waals surface area contributed by atoms with Gasteiger partial charge in [-0.1, -0.05) is 6.07 Å². The average Bonchev–Trinajstić information content (AvgIpc) is 3.33. The number of aromatic nitrogens is 5. The first-order valence-electron chi connectivity index (χ1n) is 8.32. The maximum atomic E-state index is 4.61. The number of hydrogen-bond donors (Lipinski definition) is 4. The minimum atomic E-state index is 0.504. The summed E-state index contributed by atoms with van der Waals surface area (Å²) in [4.78, 5) is 12.2. The van der Waals surface area contributed by atoms with Crippen LogP contribution in [0.3, 0.4) is 0 Å². The van der Waals surface area contributed by atoms with Crippen molar-refractivity contribution >= 4 is 60.9 Å². The Morgan fingerprint density at radius 2 is 1.93 bits per heavy atom. The summed E-state index contributed by atoms with van der Waals surface area (Å²) in [5.41, 5.74) is 3.92. The number of nitrogens with one attached hydrogen (secondary N) is 4. The van der Waals surface area contributed by atoms with Crippen molar-refractivity contribution < 1.29 is 0 Å². The van der Waals surface area contributed by atoms with Crippen LogP contribution in [0.1, 0.15) is 0 Å². The van der Waals surface area contributed by atoms with Crippen molar-refractivity contribution in [2.45, 2.75) is 0 Å². The van der Waals surface area contributed by atoms with Crippen molar-refractivity contribution in [1.29, 1.82) is 0 Å². The molecule has 8 heteroatoms. The van der Waals surface area contributed by atoms with Gasteiger partial charge in [0.05, 0.1) is 16.2 Å². The molecule has 5 aromatic rings. The molecule has 4 N–H and O–H groups in total. The molecule has 0 spiro atoms. The summed E-state index contributed by atoms with van der Waals surface area (Å²) in [5, 5.41) is 15.7. The van der Waals surface area contributed by atoms with Crippen LogP contribution in [0.5, 0.6) is 0 Å². The van der Waals surface area contributed by atoms with Gasteiger partial charge in [0.15, 0.2) is 0 Å². The highest BCUT2D eigenvalue weighted by Gasteiger charge is 2.09. The Kier molecular flexibility index (Phi) is 3.75. The van der Waals surface area contributed by atoms with Crippen LogP contribution < -0.4 is 10.6 Å². The van der Waals surface area contributed by atoms with Crippen LogP contribution in [0.2, 0.25) is 0 Å². The lowest BCUT2D eigenvalue weighted by atomic mass is 10.2. The molecular weight excluding hydrogens is 406 g/mol. The summed E-state index contributed by atoms with van der Waals surface area (Å²) in [7, 11) is 0. The van der Waals surface area contributed by atoms with Gasteiger partial charge in [-0.05, 0) is 52.3 Å². The second-order valence-electron chi connectivity index (χ2n) is 6.06. The first-order valence-corrected chi connectivity index (χ1v) is 9.11. The number of nitrogens with zero attached hydrogens (tertiary/aromatic N) is 3. The van der Waals surface area contributed by atoms with E-state index in [4.69, 9.17) is 0 Å². The Morgan fingerprint density at radius 3 is 2.89 bits per heavy atom. The van der Waals surface area contributed by atoms with Crippen LogP contribution in [-0.2, 0) is 0 Å². The quantitative estimate of drug-likeness (QED) is 0.325. The molecule has 0 saturated carbocycles. The molecule has 132 valence electrons. The van der Waals surface area contributed by atoms with E-state index in [2.05, 4.69) is 51.7 Å². The lowest BCUT2D eigenvalue weighted by Crippen LogP contribution is -2.01. The lowest BCUT2D eigenvalue weighted by Gasteiger charge is -2.11. The molecule has 0 atom stereocenters. The molecule has 0 bridgehead atoms. The Labute approximate surface area is 162 Å². The average molecular weight is 420 g/mol. The van der Waals surface area contributed by atoms with Gasteiger partial charge in [-0.2, -0.15) is 10.1 Å². The molecule has 0 saturated heterocycles. The zero-order valence-electron chi connectivity index (χ0n) is 14.0. The van der Waals surface area contributed by atoms with E-state index >= 15 is 0 Å². The monoisotopic (exact) mass is 419 g/mol. The molecule has 7 nitrogen and oxygen atoms in total. The largest absolute Gasteiger partial charge is 0.361 e. The fourth-order valence-electron chi connectivity index (χ4n) is 2.99. The number of aromatic amines is 2. The Bertz CT molecular complexity index is 1260. The third-order valence-corrected chi connectivity index (χ3v) is 4.87. The first-order chi connectivity index (χ1) is 13.3. The molecule has 0 aliphatic carbocycles. The predicted octanol–water partition coefficient (Wildman–Crippen LogP) is 5.08. The van der Waals surface area contributed by atoms with Crippen molar-refractivity contribution in [1.82, 2.24) is 25.1 Å². The van der Waals surface area contributed by atoms with E-state index in [1.165, 1.54) is 0 Å². The number of fused-ring (bicyclic) bond motifs is 2. The van der Waals surface area contributed by atoms with Crippen LogP contribution in [-0.4, -0.2) is 25.1 Å². The minimum absolute atomic E-state index is 0.504. The van der Waals surface area contributed by atoms with Gasteiger partial charge in [0.1, 0.15) is 5.82 Å². The van der Waals surface area contributed by atoms with E-state index in [1.54, 1.807) is 12.4 Å². The van der Waals surface area contributed by atoms with E-state index < -0.39 is 0 Å². The Balaban J connectivity index is 1.46. The highest BCUT2D eigenvalue weighted by Crippen LogP contribution is 2.29. The van der Waals surface area contributed by atoms with Crippen molar-refractivity contribution in [3.05, 3.63) is 65.5 Å². The van der Waals surface area contributed by atoms with Gasteiger partial charge >= 0.3 is 0 Å². The summed E-state index contributed by atoms with van der Waals surface area (Å²) in [5.74, 6) is 1.19. The molecule has 0 fully saturated rings. The van der Waals surface area contributed by atoms with Crippen LogP contribution in [0.25, 0.3) is 21.8 Å². The molecule has 3 aromatic heterocycles. The van der Waals surface area contributed by atoms with Crippen molar-refractivity contribution in [3.63, 3.8) is 0 Å². The second-order valence-corrected chi connectivity index (χ2v) is 6.91. The van der Waals surface area contributed by atoms with Crippen molar-refractivity contribution in [2.24, 2.45) is 0 Å². The fraction of sp³-hybridized carbons (Fsp3) is 0. The van der Waals surface area contributed by atoms with Gasteiger partial charge < -0.3 is 15.6 Å². The van der Waals surface area contributed by atoms with Crippen LogP contribution in [0.4, 0.5) is 23.1 Å². The van der Waals surface area contributed by atoms with E-state index in [0.29, 0.717) is 11.8 Å². The van der Waals surface area contributed by atoms with Crippen LogP contribution in [0.15, 0.2) is 65.5 Å². The van der Waals surface area contributed by atoms with Crippen molar-refractivity contribution in [2.75, 3.05) is 10.6 Å². The second kappa shape index (κ2) is 6.40. The summed E-state index contributed by atoms with van der Waals surface area (Å²) < 4.78 is 0.783. The number of anilines is 4. The zero-order valence-corrected chi connectivity index (χ0v) is 15.6. The maximum absolute atomic E-state index is 4.61. The molecule has 0 aliphatic rings. The van der Waals surface area contributed by atoms with E-state index in [-0.39, 0.29) is 0 Å². The van der Waals surface area contributed by atoms with Gasteiger partial charge in [-0.15, -0.1) is 0 Å². The number of H-pyrrole nitrogens is 2. The summed E-state index contributed by atoms with van der Waals surface area (Å²) in [6.45, 7) is 0. The summed E-state index contributed by atoms with van der Waals surface area (Å²) >= 11 is 3.52. The van der Waals surface area contributed by atoms with E-state index in [1.807, 2.05) is 48.7 Å².